The van der Waals surface area contributed by atoms with Gasteiger partial charge in [0.1, 0.15) is 0 Å². The lowest BCUT2D eigenvalue weighted by Gasteiger charge is -2.08. The molecular formula is C8H17NO2S. The lowest BCUT2D eigenvalue weighted by Crippen LogP contribution is -2.19. The molecule has 0 spiro atoms. The Kier molecular flexibility index (Phi) is 4.49. The SMILES string of the molecule is CC(C)C[C@H](N)/C=C/S(C)(=O)=O. The van der Waals surface area contributed by atoms with Gasteiger partial charge in [-0.15, -0.1) is 0 Å². The van der Waals surface area contributed by atoms with Crippen LogP contribution < -0.4 is 5.73 Å². The first-order valence-corrected chi connectivity index (χ1v) is 5.90. The highest BCUT2D eigenvalue weighted by Gasteiger charge is 2.02. The van der Waals surface area contributed by atoms with E-state index in [2.05, 4.69) is 0 Å². The summed E-state index contributed by atoms with van der Waals surface area (Å²) < 4.78 is 21.4. The van der Waals surface area contributed by atoms with E-state index in [1.54, 1.807) is 0 Å². The fourth-order valence-corrected chi connectivity index (χ4v) is 1.35. The van der Waals surface area contributed by atoms with E-state index in [0.717, 1.165) is 12.7 Å². The van der Waals surface area contributed by atoms with Crippen LogP contribution in [0.4, 0.5) is 0 Å². The minimum atomic E-state index is -3.02. The number of rotatable bonds is 4. The largest absolute Gasteiger partial charge is 0.324 e. The summed E-state index contributed by atoms with van der Waals surface area (Å²) in [6.07, 6.45) is 3.51. The second kappa shape index (κ2) is 4.62. The van der Waals surface area contributed by atoms with Gasteiger partial charge >= 0.3 is 0 Å². The van der Waals surface area contributed by atoms with Gasteiger partial charge in [0.25, 0.3) is 0 Å². The van der Waals surface area contributed by atoms with Crippen molar-refractivity contribution in [1.82, 2.24) is 0 Å². The van der Waals surface area contributed by atoms with E-state index in [0.29, 0.717) is 5.92 Å². The molecule has 2 N–H and O–H groups in total. The van der Waals surface area contributed by atoms with E-state index < -0.39 is 9.84 Å². The summed E-state index contributed by atoms with van der Waals surface area (Å²) in [5, 5.41) is 1.17. The molecule has 0 saturated carbocycles. The van der Waals surface area contributed by atoms with E-state index in [4.69, 9.17) is 5.73 Å². The van der Waals surface area contributed by atoms with Gasteiger partial charge in [0, 0.05) is 17.7 Å². The maximum atomic E-state index is 10.7. The molecule has 0 aliphatic rings. The fraction of sp³-hybridized carbons (Fsp3) is 0.750. The molecule has 0 aliphatic heterocycles. The van der Waals surface area contributed by atoms with Crippen molar-refractivity contribution >= 4 is 9.84 Å². The number of nitrogens with two attached hydrogens (primary N) is 1. The van der Waals surface area contributed by atoms with Gasteiger partial charge in [0.2, 0.25) is 0 Å². The van der Waals surface area contributed by atoms with Gasteiger partial charge in [-0.05, 0) is 12.3 Å². The molecule has 0 aliphatic carbocycles. The van der Waals surface area contributed by atoms with Crippen LogP contribution in [-0.4, -0.2) is 20.7 Å². The summed E-state index contributed by atoms with van der Waals surface area (Å²) in [4.78, 5) is 0. The second-order valence-electron chi connectivity index (χ2n) is 3.45. The predicted molar refractivity (Wildman–Crippen MR) is 51.4 cm³/mol. The summed E-state index contributed by atoms with van der Waals surface area (Å²) >= 11 is 0. The fourth-order valence-electron chi connectivity index (χ4n) is 0.867. The molecular weight excluding hydrogens is 174 g/mol. The Morgan fingerprint density at radius 3 is 2.25 bits per heavy atom. The second-order valence-corrected chi connectivity index (χ2v) is 5.38. The van der Waals surface area contributed by atoms with Gasteiger partial charge in [0.15, 0.2) is 9.84 Å². The van der Waals surface area contributed by atoms with Gasteiger partial charge < -0.3 is 5.73 Å². The topological polar surface area (TPSA) is 60.2 Å². The molecule has 0 aromatic carbocycles. The van der Waals surface area contributed by atoms with Crippen LogP contribution >= 0.6 is 0 Å². The van der Waals surface area contributed by atoms with Crippen LogP contribution in [0.5, 0.6) is 0 Å². The summed E-state index contributed by atoms with van der Waals surface area (Å²) in [6.45, 7) is 4.10. The summed E-state index contributed by atoms with van der Waals surface area (Å²) in [7, 11) is -3.02. The Bertz CT molecular complexity index is 242. The Morgan fingerprint density at radius 2 is 1.92 bits per heavy atom. The molecule has 0 heterocycles. The molecule has 12 heavy (non-hydrogen) atoms. The molecule has 0 bridgehead atoms. The van der Waals surface area contributed by atoms with Gasteiger partial charge in [-0.2, -0.15) is 0 Å². The first-order chi connectivity index (χ1) is 5.31. The van der Waals surface area contributed by atoms with Crippen molar-refractivity contribution in [3.8, 4) is 0 Å². The zero-order chi connectivity index (χ0) is 9.78. The molecule has 3 nitrogen and oxygen atoms in total. The van der Waals surface area contributed by atoms with E-state index >= 15 is 0 Å². The highest BCUT2D eigenvalue weighted by Crippen LogP contribution is 2.03. The highest BCUT2D eigenvalue weighted by atomic mass is 32.2. The van der Waals surface area contributed by atoms with Crippen LogP contribution in [0.3, 0.4) is 0 Å². The Hall–Kier alpha value is -0.350. The van der Waals surface area contributed by atoms with Crippen LogP contribution in [0.1, 0.15) is 20.3 Å². The van der Waals surface area contributed by atoms with Gasteiger partial charge in [-0.1, -0.05) is 19.9 Å². The van der Waals surface area contributed by atoms with Crippen LogP contribution in [0.2, 0.25) is 0 Å². The van der Waals surface area contributed by atoms with Crippen molar-refractivity contribution in [1.29, 1.82) is 0 Å². The van der Waals surface area contributed by atoms with E-state index in [9.17, 15) is 8.42 Å². The molecule has 72 valence electrons. The van der Waals surface area contributed by atoms with Crippen molar-refractivity contribution in [3.05, 3.63) is 11.5 Å². The average molecular weight is 191 g/mol. The maximum absolute atomic E-state index is 10.7. The number of sulfone groups is 1. The number of hydrogen-bond donors (Lipinski definition) is 1. The third kappa shape index (κ3) is 7.75. The van der Waals surface area contributed by atoms with Crippen molar-refractivity contribution < 1.29 is 8.42 Å². The molecule has 0 unspecified atom stereocenters. The third-order valence-corrected chi connectivity index (χ3v) is 1.97. The minimum absolute atomic E-state index is 0.153. The molecule has 0 saturated heterocycles. The summed E-state index contributed by atoms with van der Waals surface area (Å²) in [5.74, 6) is 0.490. The predicted octanol–water partition coefficient (Wildman–Crippen LogP) is 0.918. The Labute approximate surface area is 74.6 Å². The smallest absolute Gasteiger partial charge is 0.168 e. The molecule has 1 atom stereocenters. The van der Waals surface area contributed by atoms with E-state index in [1.165, 1.54) is 11.5 Å². The lowest BCUT2D eigenvalue weighted by molar-refractivity contribution is 0.546. The Morgan fingerprint density at radius 1 is 1.42 bits per heavy atom. The molecule has 0 fully saturated rings. The van der Waals surface area contributed by atoms with Gasteiger partial charge in [-0.25, -0.2) is 8.42 Å². The van der Waals surface area contributed by atoms with Gasteiger partial charge in [-0.3, -0.25) is 0 Å². The van der Waals surface area contributed by atoms with Gasteiger partial charge in [0.05, 0.1) is 0 Å². The summed E-state index contributed by atoms with van der Waals surface area (Å²) in [5.41, 5.74) is 5.63. The highest BCUT2D eigenvalue weighted by molar-refractivity contribution is 7.93. The van der Waals surface area contributed by atoms with Crippen molar-refractivity contribution in [3.63, 3.8) is 0 Å². The number of hydrogen-bond acceptors (Lipinski definition) is 3. The summed E-state index contributed by atoms with van der Waals surface area (Å²) in [6, 6.07) is -0.153. The van der Waals surface area contributed by atoms with Crippen LogP contribution in [0.25, 0.3) is 0 Å². The zero-order valence-corrected chi connectivity index (χ0v) is 8.64. The van der Waals surface area contributed by atoms with E-state index in [1.807, 2.05) is 13.8 Å². The lowest BCUT2D eigenvalue weighted by atomic mass is 10.1. The normalized spacial score (nSPS) is 15.8. The zero-order valence-electron chi connectivity index (χ0n) is 7.82. The van der Waals surface area contributed by atoms with Crippen LogP contribution in [-0.2, 0) is 9.84 Å². The van der Waals surface area contributed by atoms with Crippen LogP contribution in [0, 0.1) is 5.92 Å². The third-order valence-electron chi connectivity index (χ3n) is 1.32. The minimum Gasteiger partial charge on any atom is -0.324 e. The molecule has 4 heteroatoms. The van der Waals surface area contributed by atoms with E-state index in [-0.39, 0.29) is 6.04 Å². The molecule has 0 amide bonds. The monoisotopic (exact) mass is 191 g/mol. The first-order valence-electron chi connectivity index (χ1n) is 3.95. The molecule has 0 aromatic rings. The van der Waals surface area contributed by atoms with Crippen molar-refractivity contribution in [2.75, 3.05) is 6.26 Å². The van der Waals surface area contributed by atoms with Crippen molar-refractivity contribution in [2.45, 2.75) is 26.3 Å². The standard InChI is InChI=1S/C8H17NO2S/c1-7(2)6-8(9)4-5-12(3,10)11/h4-5,7-8H,6,9H2,1-3H3/b5-4+/t8-/m1/s1. The van der Waals surface area contributed by atoms with Crippen molar-refractivity contribution in [2.24, 2.45) is 11.7 Å². The molecule has 0 radical (unpaired) electrons. The quantitative estimate of drug-likeness (QED) is 0.718. The molecule has 0 aromatic heterocycles. The Balaban J connectivity index is 4.01. The first kappa shape index (κ1) is 11.6. The van der Waals surface area contributed by atoms with Crippen LogP contribution in [0.15, 0.2) is 11.5 Å². The maximum Gasteiger partial charge on any atom is 0.168 e. The molecule has 0 rings (SSSR count). The average Bonchev–Trinajstić information content (AvgIpc) is 1.80.